The Kier molecular flexibility index (Phi) is 6.89. The van der Waals surface area contributed by atoms with Gasteiger partial charge in [-0.15, -0.1) is 5.54 Å². The zero-order valence-electron chi connectivity index (χ0n) is 18.2. The first kappa shape index (κ1) is 21.2. The number of hydrogen-bond acceptors (Lipinski definition) is 2. The molecule has 2 aromatic rings. The second-order valence-corrected chi connectivity index (χ2v) is 14.0. The van der Waals surface area contributed by atoms with Gasteiger partial charge in [0.1, 0.15) is 13.9 Å². The molecule has 0 bridgehead atoms. The van der Waals surface area contributed by atoms with Gasteiger partial charge in [-0.1, -0.05) is 59.6 Å². The summed E-state index contributed by atoms with van der Waals surface area (Å²) in [6.07, 6.45) is 1.86. The molecule has 0 fully saturated rings. The monoisotopic (exact) mass is 378 g/mol. The number of aryl methyl sites for hydroxylation is 1. The molecule has 0 unspecified atom stereocenters. The normalized spacial score (nSPS) is 11.7. The molecule has 2 rings (SSSR count). The van der Waals surface area contributed by atoms with E-state index < -0.39 is 8.07 Å². The first-order valence-electron chi connectivity index (χ1n) is 9.98. The Bertz CT molecular complexity index is 806. The van der Waals surface area contributed by atoms with Crippen molar-refractivity contribution in [1.82, 2.24) is 4.98 Å². The summed E-state index contributed by atoms with van der Waals surface area (Å²) in [6, 6.07) is 12.6. The van der Waals surface area contributed by atoms with Gasteiger partial charge in [0, 0.05) is 18.8 Å². The first-order valence-corrected chi connectivity index (χ1v) is 12.2. The van der Waals surface area contributed by atoms with Crippen LogP contribution in [0.1, 0.15) is 52.7 Å². The van der Waals surface area contributed by atoms with E-state index >= 15 is 0 Å². The minimum atomic E-state index is -1.75. The smallest absolute Gasteiger partial charge is 0.146 e. The Hall–Kier alpha value is -2.05. The summed E-state index contributed by atoms with van der Waals surface area (Å²) in [5.74, 6) is 4.55. The van der Waals surface area contributed by atoms with Crippen molar-refractivity contribution in [2.45, 2.75) is 65.1 Å². The van der Waals surface area contributed by atoms with E-state index in [-0.39, 0.29) is 0 Å². The third kappa shape index (κ3) is 4.44. The summed E-state index contributed by atoms with van der Waals surface area (Å²) in [6.45, 7) is 16.2. The Morgan fingerprint density at radius 2 is 1.52 bits per heavy atom. The SMILES string of the molecule is Cc1ccnc(N(C)c2ccccc2C#C[Si](C(C)C)(C(C)C)C(C)C)c1. The Labute approximate surface area is 167 Å². The van der Waals surface area contributed by atoms with Crippen molar-refractivity contribution in [2.75, 3.05) is 11.9 Å². The van der Waals surface area contributed by atoms with Crippen LogP contribution in [0.2, 0.25) is 16.6 Å². The van der Waals surface area contributed by atoms with Gasteiger partial charge < -0.3 is 4.90 Å². The van der Waals surface area contributed by atoms with Crippen LogP contribution in [0.4, 0.5) is 11.5 Å². The molecule has 1 heterocycles. The average Bonchev–Trinajstić information content (AvgIpc) is 2.61. The van der Waals surface area contributed by atoms with E-state index in [0.717, 1.165) is 17.1 Å². The van der Waals surface area contributed by atoms with Gasteiger partial charge >= 0.3 is 0 Å². The number of para-hydroxylation sites is 1. The van der Waals surface area contributed by atoms with E-state index in [0.29, 0.717) is 16.6 Å². The highest BCUT2D eigenvalue weighted by atomic mass is 28.3. The zero-order valence-corrected chi connectivity index (χ0v) is 19.2. The summed E-state index contributed by atoms with van der Waals surface area (Å²) in [7, 11) is 0.318. The van der Waals surface area contributed by atoms with Gasteiger partial charge in [0.05, 0.1) is 5.69 Å². The third-order valence-electron chi connectivity index (χ3n) is 5.79. The maximum Gasteiger partial charge on any atom is 0.146 e. The molecule has 0 saturated carbocycles. The van der Waals surface area contributed by atoms with E-state index in [4.69, 9.17) is 0 Å². The predicted molar refractivity (Wildman–Crippen MR) is 121 cm³/mol. The van der Waals surface area contributed by atoms with Gasteiger partial charge in [-0.3, -0.25) is 0 Å². The predicted octanol–water partition coefficient (Wildman–Crippen LogP) is 6.73. The molecule has 0 aliphatic rings. The zero-order chi connectivity index (χ0) is 20.2. The number of aromatic nitrogens is 1. The molecule has 0 atom stereocenters. The van der Waals surface area contributed by atoms with E-state index in [1.807, 2.05) is 12.3 Å². The van der Waals surface area contributed by atoms with Crippen molar-refractivity contribution in [2.24, 2.45) is 0 Å². The molecular formula is C24H34N2Si. The fraction of sp³-hybridized carbons (Fsp3) is 0.458. The molecule has 2 nitrogen and oxygen atoms in total. The lowest BCUT2D eigenvalue weighted by molar-refractivity contribution is 0.838. The van der Waals surface area contributed by atoms with Crippen LogP contribution in [-0.2, 0) is 0 Å². The number of hydrogen-bond donors (Lipinski definition) is 0. The average molecular weight is 379 g/mol. The highest BCUT2D eigenvalue weighted by Gasteiger charge is 2.41. The summed E-state index contributed by atoms with van der Waals surface area (Å²) in [5.41, 5.74) is 9.15. The fourth-order valence-electron chi connectivity index (χ4n) is 4.31. The molecule has 0 spiro atoms. The van der Waals surface area contributed by atoms with Gasteiger partial charge in [-0.2, -0.15) is 0 Å². The van der Waals surface area contributed by atoms with Crippen molar-refractivity contribution in [1.29, 1.82) is 0 Å². The van der Waals surface area contributed by atoms with Crippen molar-refractivity contribution >= 4 is 19.6 Å². The highest BCUT2D eigenvalue weighted by molar-refractivity contribution is 6.90. The van der Waals surface area contributed by atoms with Crippen molar-refractivity contribution < 1.29 is 0 Å². The number of rotatable bonds is 5. The quantitative estimate of drug-likeness (QED) is 0.423. The molecule has 0 saturated heterocycles. The molecule has 0 radical (unpaired) electrons. The Morgan fingerprint density at radius 1 is 0.926 bits per heavy atom. The Balaban J connectivity index is 2.52. The van der Waals surface area contributed by atoms with Crippen LogP contribution in [0.5, 0.6) is 0 Å². The van der Waals surface area contributed by atoms with E-state index in [2.05, 4.69) is 107 Å². The molecule has 0 amide bonds. The molecule has 1 aromatic carbocycles. The lowest BCUT2D eigenvalue weighted by Gasteiger charge is -2.38. The standard InChI is InChI=1S/C24H34N2Si/c1-18(2)27(19(3)4,20(5)6)16-14-22-11-9-10-12-23(22)26(8)24-17-21(7)13-15-25-24/h9-13,15,17-20H,1-8H3. The summed E-state index contributed by atoms with van der Waals surface area (Å²) >= 11 is 0. The van der Waals surface area contributed by atoms with Gasteiger partial charge in [0.2, 0.25) is 0 Å². The van der Waals surface area contributed by atoms with Crippen LogP contribution in [0.25, 0.3) is 0 Å². The molecule has 1 aromatic heterocycles. The maximum absolute atomic E-state index is 4.54. The van der Waals surface area contributed by atoms with Gasteiger partial charge in [0.15, 0.2) is 0 Å². The molecule has 27 heavy (non-hydrogen) atoms. The first-order chi connectivity index (χ1) is 12.7. The van der Waals surface area contributed by atoms with Crippen LogP contribution in [0, 0.1) is 18.4 Å². The number of pyridine rings is 1. The van der Waals surface area contributed by atoms with Crippen LogP contribution in [0.15, 0.2) is 42.6 Å². The minimum absolute atomic E-state index is 0.633. The third-order valence-corrected chi connectivity index (χ3v) is 12.1. The van der Waals surface area contributed by atoms with Crippen LogP contribution >= 0.6 is 0 Å². The number of benzene rings is 1. The van der Waals surface area contributed by atoms with Gasteiger partial charge in [-0.05, 0) is 53.4 Å². The molecule has 0 N–H and O–H groups in total. The molecule has 3 heteroatoms. The fourth-order valence-corrected chi connectivity index (χ4v) is 9.52. The summed E-state index contributed by atoms with van der Waals surface area (Å²) in [4.78, 5) is 6.68. The van der Waals surface area contributed by atoms with E-state index in [1.54, 1.807) is 0 Å². The lowest BCUT2D eigenvalue weighted by Crippen LogP contribution is -2.43. The van der Waals surface area contributed by atoms with E-state index in [1.165, 1.54) is 5.56 Å². The van der Waals surface area contributed by atoms with Crippen molar-refractivity contribution in [3.8, 4) is 11.5 Å². The lowest BCUT2D eigenvalue weighted by atomic mass is 10.1. The van der Waals surface area contributed by atoms with E-state index in [9.17, 15) is 0 Å². The topological polar surface area (TPSA) is 16.1 Å². The van der Waals surface area contributed by atoms with Gasteiger partial charge in [0.25, 0.3) is 0 Å². The summed E-state index contributed by atoms with van der Waals surface area (Å²) in [5, 5.41) is 0. The molecule has 0 aliphatic heterocycles. The second kappa shape index (κ2) is 8.76. The van der Waals surface area contributed by atoms with Crippen LogP contribution < -0.4 is 4.90 Å². The highest BCUT2D eigenvalue weighted by Crippen LogP contribution is 2.41. The largest absolute Gasteiger partial charge is 0.328 e. The number of nitrogens with zero attached hydrogens (tertiary/aromatic N) is 2. The molecule has 144 valence electrons. The summed E-state index contributed by atoms with van der Waals surface area (Å²) < 4.78 is 0. The minimum Gasteiger partial charge on any atom is -0.328 e. The number of anilines is 2. The van der Waals surface area contributed by atoms with Crippen molar-refractivity contribution in [3.05, 3.63) is 53.7 Å². The molecule has 0 aliphatic carbocycles. The second-order valence-electron chi connectivity index (χ2n) is 8.41. The van der Waals surface area contributed by atoms with Crippen LogP contribution in [-0.4, -0.2) is 20.1 Å². The Morgan fingerprint density at radius 3 is 2.07 bits per heavy atom. The maximum atomic E-state index is 4.54. The van der Waals surface area contributed by atoms with Gasteiger partial charge in [-0.25, -0.2) is 4.98 Å². The molecular weight excluding hydrogens is 344 g/mol. The van der Waals surface area contributed by atoms with Crippen molar-refractivity contribution in [3.63, 3.8) is 0 Å². The van der Waals surface area contributed by atoms with Crippen LogP contribution in [0.3, 0.4) is 0 Å².